The average molecular weight is 381 g/mol. The van der Waals surface area contributed by atoms with E-state index in [1.165, 1.54) is 6.26 Å². The molecular formula is C21H23N3O4. The zero-order valence-corrected chi connectivity index (χ0v) is 15.8. The molecule has 1 aliphatic carbocycles. The van der Waals surface area contributed by atoms with Gasteiger partial charge in [-0.2, -0.15) is 0 Å². The van der Waals surface area contributed by atoms with Gasteiger partial charge in [-0.1, -0.05) is 18.2 Å². The molecule has 146 valence electrons. The SMILES string of the molecule is Cc1ccccc1NC(=O)C1(C(=O)N2CCN(C(=O)c3ccco3)CC2)CC1. The van der Waals surface area contributed by atoms with Crippen LogP contribution < -0.4 is 5.32 Å². The fourth-order valence-corrected chi connectivity index (χ4v) is 3.59. The molecule has 2 heterocycles. The number of rotatable bonds is 4. The minimum absolute atomic E-state index is 0.135. The maximum Gasteiger partial charge on any atom is 0.289 e. The second kappa shape index (κ2) is 7.14. The quantitative estimate of drug-likeness (QED) is 0.824. The summed E-state index contributed by atoms with van der Waals surface area (Å²) in [4.78, 5) is 41.6. The van der Waals surface area contributed by atoms with Gasteiger partial charge in [-0.3, -0.25) is 14.4 Å². The second-order valence-electron chi connectivity index (χ2n) is 7.41. The molecule has 1 saturated carbocycles. The standard InChI is InChI=1S/C21H23N3O4/c1-15-5-2-3-6-16(15)22-19(26)21(8-9-21)20(27)24-12-10-23(11-13-24)18(25)17-7-4-14-28-17/h2-7,14H,8-13H2,1H3,(H,22,26). The van der Waals surface area contributed by atoms with E-state index in [0.29, 0.717) is 44.8 Å². The zero-order valence-electron chi connectivity index (χ0n) is 15.8. The van der Waals surface area contributed by atoms with E-state index in [2.05, 4.69) is 5.32 Å². The summed E-state index contributed by atoms with van der Waals surface area (Å²) in [5, 5.41) is 2.92. The van der Waals surface area contributed by atoms with Gasteiger partial charge in [-0.15, -0.1) is 0 Å². The van der Waals surface area contributed by atoms with Crippen LogP contribution in [0.1, 0.15) is 29.0 Å². The van der Waals surface area contributed by atoms with Crippen LogP contribution in [0.4, 0.5) is 5.69 Å². The highest BCUT2D eigenvalue weighted by atomic mass is 16.3. The van der Waals surface area contributed by atoms with Crippen LogP contribution in [0.25, 0.3) is 0 Å². The number of benzene rings is 1. The third kappa shape index (κ3) is 3.28. The fourth-order valence-electron chi connectivity index (χ4n) is 3.59. The largest absolute Gasteiger partial charge is 0.459 e. The van der Waals surface area contributed by atoms with Crippen LogP contribution >= 0.6 is 0 Å². The summed E-state index contributed by atoms with van der Waals surface area (Å²) in [7, 11) is 0. The van der Waals surface area contributed by atoms with Crippen LogP contribution in [0.3, 0.4) is 0 Å². The van der Waals surface area contributed by atoms with Crippen molar-refractivity contribution in [2.45, 2.75) is 19.8 Å². The predicted molar refractivity (Wildman–Crippen MR) is 103 cm³/mol. The molecule has 1 aromatic carbocycles. The Morgan fingerprint density at radius 3 is 2.25 bits per heavy atom. The van der Waals surface area contributed by atoms with Crippen LogP contribution in [0.2, 0.25) is 0 Å². The van der Waals surface area contributed by atoms with Crippen LogP contribution in [0.15, 0.2) is 47.1 Å². The van der Waals surface area contributed by atoms with Crippen molar-refractivity contribution in [1.29, 1.82) is 0 Å². The molecular weight excluding hydrogens is 358 g/mol. The molecule has 1 aromatic heterocycles. The summed E-state index contributed by atoms with van der Waals surface area (Å²) in [6.45, 7) is 3.63. The number of carbonyl (C=O) groups is 3. The number of piperazine rings is 1. The summed E-state index contributed by atoms with van der Waals surface area (Å²) in [6, 6.07) is 10.8. The Morgan fingerprint density at radius 2 is 1.64 bits per heavy atom. The van der Waals surface area contributed by atoms with Gasteiger partial charge < -0.3 is 19.5 Å². The van der Waals surface area contributed by atoms with Crippen LogP contribution in [-0.4, -0.2) is 53.7 Å². The zero-order chi connectivity index (χ0) is 19.7. The lowest BCUT2D eigenvalue weighted by Crippen LogP contribution is -2.53. The molecule has 7 heteroatoms. The van der Waals surface area contributed by atoms with Crippen molar-refractivity contribution in [3.05, 3.63) is 54.0 Å². The van der Waals surface area contributed by atoms with E-state index in [1.54, 1.807) is 21.9 Å². The number of anilines is 1. The van der Waals surface area contributed by atoms with Gasteiger partial charge in [0, 0.05) is 31.9 Å². The van der Waals surface area contributed by atoms with Gasteiger partial charge in [-0.25, -0.2) is 0 Å². The topological polar surface area (TPSA) is 82.9 Å². The monoisotopic (exact) mass is 381 g/mol. The highest BCUT2D eigenvalue weighted by Crippen LogP contribution is 2.48. The van der Waals surface area contributed by atoms with E-state index in [-0.39, 0.29) is 17.7 Å². The molecule has 3 amide bonds. The van der Waals surface area contributed by atoms with Crippen LogP contribution in [0.5, 0.6) is 0 Å². The van der Waals surface area contributed by atoms with E-state index in [9.17, 15) is 14.4 Å². The molecule has 0 bridgehead atoms. The van der Waals surface area contributed by atoms with Gasteiger partial charge in [0.2, 0.25) is 11.8 Å². The third-order valence-electron chi connectivity index (χ3n) is 5.57. The van der Waals surface area contributed by atoms with Gasteiger partial charge in [0.05, 0.1) is 6.26 Å². The Balaban J connectivity index is 1.37. The molecule has 2 aromatic rings. The summed E-state index contributed by atoms with van der Waals surface area (Å²) in [5.74, 6) is -0.240. The Bertz CT molecular complexity index is 894. The van der Waals surface area contributed by atoms with E-state index >= 15 is 0 Å². The number of furan rings is 1. The van der Waals surface area contributed by atoms with E-state index in [0.717, 1.165) is 11.3 Å². The highest BCUT2D eigenvalue weighted by Gasteiger charge is 2.58. The number of aryl methyl sites for hydroxylation is 1. The van der Waals surface area contributed by atoms with Crippen molar-refractivity contribution in [2.75, 3.05) is 31.5 Å². The van der Waals surface area contributed by atoms with Gasteiger partial charge in [0.15, 0.2) is 5.76 Å². The number of hydrogen-bond acceptors (Lipinski definition) is 4. The molecule has 1 aliphatic heterocycles. The Labute approximate surface area is 163 Å². The minimum atomic E-state index is -0.963. The number of carbonyl (C=O) groups excluding carboxylic acids is 3. The number of hydrogen-bond donors (Lipinski definition) is 1. The second-order valence-corrected chi connectivity index (χ2v) is 7.41. The number of nitrogens with one attached hydrogen (secondary N) is 1. The summed E-state index contributed by atoms with van der Waals surface area (Å²) >= 11 is 0. The third-order valence-corrected chi connectivity index (χ3v) is 5.57. The van der Waals surface area contributed by atoms with Crippen molar-refractivity contribution < 1.29 is 18.8 Å². The van der Waals surface area contributed by atoms with Crippen molar-refractivity contribution in [1.82, 2.24) is 9.80 Å². The Kier molecular flexibility index (Phi) is 4.66. The molecule has 1 N–H and O–H groups in total. The lowest BCUT2D eigenvalue weighted by molar-refractivity contribution is -0.143. The normalized spacial score (nSPS) is 17.9. The van der Waals surface area contributed by atoms with Gasteiger partial charge in [-0.05, 0) is 43.5 Å². The average Bonchev–Trinajstić information content (AvgIpc) is 3.35. The molecule has 2 aliphatic rings. The summed E-state index contributed by atoms with van der Waals surface area (Å²) in [5.41, 5.74) is 0.736. The first kappa shape index (κ1) is 18.3. The maximum absolute atomic E-state index is 13.0. The number of para-hydroxylation sites is 1. The minimum Gasteiger partial charge on any atom is -0.459 e. The van der Waals surface area contributed by atoms with E-state index in [1.807, 2.05) is 31.2 Å². The highest BCUT2D eigenvalue weighted by molar-refractivity contribution is 6.13. The lowest BCUT2D eigenvalue weighted by atomic mass is 10.0. The molecule has 1 saturated heterocycles. The lowest BCUT2D eigenvalue weighted by Gasteiger charge is -2.36. The Morgan fingerprint density at radius 1 is 0.964 bits per heavy atom. The van der Waals surface area contributed by atoms with Gasteiger partial charge in [0.1, 0.15) is 5.41 Å². The molecule has 4 rings (SSSR count). The van der Waals surface area contributed by atoms with Crippen molar-refractivity contribution >= 4 is 23.4 Å². The van der Waals surface area contributed by atoms with Crippen LogP contribution in [0, 0.1) is 12.3 Å². The first-order chi connectivity index (χ1) is 13.5. The molecule has 7 nitrogen and oxygen atoms in total. The summed E-state index contributed by atoms with van der Waals surface area (Å²) < 4.78 is 5.16. The first-order valence-electron chi connectivity index (χ1n) is 9.50. The molecule has 2 fully saturated rings. The molecule has 0 unspecified atom stereocenters. The van der Waals surface area contributed by atoms with Crippen molar-refractivity contribution in [2.24, 2.45) is 5.41 Å². The molecule has 28 heavy (non-hydrogen) atoms. The molecule has 0 atom stereocenters. The number of amides is 3. The van der Waals surface area contributed by atoms with E-state index < -0.39 is 5.41 Å². The van der Waals surface area contributed by atoms with Crippen LogP contribution in [-0.2, 0) is 9.59 Å². The Hall–Kier alpha value is -3.09. The predicted octanol–water partition coefficient (Wildman–Crippen LogP) is 2.29. The van der Waals surface area contributed by atoms with E-state index in [4.69, 9.17) is 4.42 Å². The number of nitrogens with zero attached hydrogens (tertiary/aromatic N) is 2. The molecule has 0 radical (unpaired) electrons. The van der Waals surface area contributed by atoms with Crippen molar-refractivity contribution in [3.63, 3.8) is 0 Å². The molecule has 0 spiro atoms. The first-order valence-corrected chi connectivity index (χ1v) is 9.50. The van der Waals surface area contributed by atoms with Crippen molar-refractivity contribution in [3.8, 4) is 0 Å². The van der Waals surface area contributed by atoms with Gasteiger partial charge in [0.25, 0.3) is 5.91 Å². The van der Waals surface area contributed by atoms with Gasteiger partial charge >= 0.3 is 0 Å². The smallest absolute Gasteiger partial charge is 0.289 e. The fraction of sp³-hybridized carbons (Fsp3) is 0.381. The maximum atomic E-state index is 13.0. The summed E-state index contributed by atoms with van der Waals surface area (Å²) in [6.07, 6.45) is 2.60.